The Bertz CT molecular complexity index is 1020. The number of carbonyl (C=O) groups is 2. The topological polar surface area (TPSA) is 43.4 Å². The lowest BCUT2D eigenvalue weighted by atomic mass is 9.72. The van der Waals surface area contributed by atoms with Gasteiger partial charge in [-0.15, -0.1) is 0 Å². The molecule has 0 radical (unpaired) electrons. The zero-order chi connectivity index (χ0) is 18.3. The average Bonchev–Trinajstić information content (AvgIpc) is 2.67. The predicted molar refractivity (Wildman–Crippen MR) is 102 cm³/mol. The third-order valence-corrected chi connectivity index (χ3v) is 5.31. The van der Waals surface area contributed by atoms with E-state index in [2.05, 4.69) is 19.9 Å². The van der Waals surface area contributed by atoms with Gasteiger partial charge in [0.2, 0.25) is 0 Å². The molecule has 0 amide bonds. The summed E-state index contributed by atoms with van der Waals surface area (Å²) >= 11 is 0. The molecule has 0 N–H and O–H groups in total. The van der Waals surface area contributed by atoms with Gasteiger partial charge in [0.25, 0.3) is 0 Å². The molecule has 1 aliphatic heterocycles. The standard InChI is InChI=1S/C23H20O3/c1-23(2)9-7-20(19-8-10-26-14-21(19)23)22(25)18-6-5-16-11-15(13-24)3-4-17(16)12-18/h3-8,10-13H,9,14H2,1-2H3. The average molecular weight is 344 g/mol. The fourth-order valence-corrected chi connectivity index (χ4v) is 3.68. The van der Waals surface area contributed by atoms with Crippen LogP contribution in [0.5, 0.6) is 0 Å². The quantitative estimate of drug-likeness (QED) is 0.579. The van der Waals surface area contributed by atoms with Crippen molar-refractivity contribution < 1.29 is 14.3 Å². The summed E-state index contributed by atoms with van der Waals surface area (Å²) in [6.07, 6.45) is 7.28. The smallest absolute Gasteiger partial charge is 0.193 e. The third-order valence-electron chi connectivity index (χ3n) is 5.31. The first-order valence-electron chi connectivity index (χ1n) is 8.75. The summed E-state index contributed by atoms with van der Waals surface area (Å²) in [5.41, 5.74) is 4.22. The van der Waals surface area contributed by atoms with Crippen molar-refractivity contribution in [3.63, 3.8) is 0 Å². The number of aldehydes is 1. The molecule has 26 heavy (non-hydrogen) atoms. The maximum atomic E-state index is 13.2. The molecule has 0 spiro atoms. The summed E-state index contributed by atoms with van der Waals surface area (Å²) < 4.78 is 5.48. The minimum atomic E-state index is -0.00150. The zero-order valence-electron chi connectivity index (χ0n) is 14.9. The van der Waals surface area contributed by atoms with E-state index in [4.69, 9.17) is 4.74 Å². The number of hydrogen-bond acceptors (Lipinski definition) is 3. The molecule has 0 saturated carbocycles. The van der Waals surface area contributed by atoms with E-state index in [0.717, 1.165) is 34.6 Å². The summed E-state index contributed by atoms with van der Waals surface area (Å²) in [6.45, 7) is 4.90. The van der Waals surface area contributed by atoms with Gasteiger partial charge in [0.15, 0.2) is 5.78 Å². The van der Waals surface area contributed by atoms with Gasteiger partial charge < -0.3 is 4.74 Å². The monoisotopic (exact) mass is 344 g/mol. The molecule has 2 aliphatic rings. The van der Waals surface area contributed by atoms with E-state index in [1.165, 1.54) is 5.57 Å². The zero-order valence-corrected chi connectivity index (χ0v) is 14.9. The minimum Gasteiger partial charge on any atom is -0.497 e. The molecule has 130 valence electrons. The van der Waals surface area contributed by atoms with Crippen LogP contribution in [0.3, 0.4) is 0 Å². The number of ketones is 1. The predicted octanol–water partition coefficient (Wildman–Crippen LogP) is 5.03. The van der Waals surface area contributed by atoms with Gasteiger partial charge >= 0.3 is 0 Å². The van der Waals surface area contributed by atoms with Crippen molar-refractivity contribution in [2.75, 3.05) is 6.61 Å². The second kappa shape index (κ2) is 6.10. The summed E-state index contributed by atoms with van der Waals surface area (Å²) in [6, 6.07) is 11.1. The van der Waals surface area contributed by atoms with Crippen LogP contribution in [0.2, 0.25) is 0 Å². The Balaban J connectivity index is 1.75. The largest absolute Gasteiger partial charge is 0.497 e. The molecular weight excluding hydrogens is 324 g/mol. The number of ether oxygens (including phenoxy) is 1. The van der Waals surface area contributed by atoms with Crippen LogP contribution in [0.1, 0.15) is 41.0 Å². The Morgan fingerprint density at radius 2 is 1.88 bits per heavy atom. The Morgan fingerprint density at radius 3 is 2.69 bits per heavy atom. The van der Waals surface area contributed by atoms with E-state index in [1.54, 1.807) is 12.3 Å². The van der Waals surface area contributed by atoms with Crippen LogP contribution in [0.25, 0.3) is 10.8 Å². The van der Waals surface area contributed by atoms with Gasteiger partial charge in [0.1, 0.15) is 12.9 Å². The van der Waals surface area contributed by atoms with Gasteiger partial charge in [-0.05, 0) is 52.0 Å². The highest BCUT2D eigenvalue weighted by molar-refractivity contribution is 6.13. The molecule has 2 aromatic carbocycles. The van der Waals surface area contributed by atoms with Gasteiger partial charge in [0.05, 0.1) is 6.26 Å². The summed E-state index contributed by atoms with van der Waals surface area (Å²) in [7, 11) is 0. The van der Waals surface area contributed by atoms with Gasteiger partial charge in [-0.25, -0.2) is 0 Å². The molecular formula is C23H20O3. The van der Waals surface area contributed by atoms with Crippen molar-refractivity contribution in [2.24, 2.45) is 5.41 Å². The van der Waals surface area contributed by atoms with Crippen molar-refractivity contribution in [1.82, 2.24) is 0 Å². The van der Waals surface area contributed by atoms with Gasteiger partial charge in [-0.3, -0.25) is 9.59 Å². The lowest BCUT2D eigenvalue weighted by molar-refractivity contribution is 0.103. The summed E-state index contributed by atoms with van der Waals surface area (Å²) in [4.78, 5) is 24.1. The van der Waals surface area contributed by atoms with Crippen LogP contribution < -0.4 is 0 Å². The SMILES string of the molecule is CC1(C)CC=C(C(=O)c2ccc3cc(C=O)ccc3c2)C2=C1COC=C2. The van der Waals surface area contributed by atoms with E-state index in [1.807, 2.05) is 36.4 Å². The Kier molecular flexibility index (Phi) is 3.87. The molecule has 1 aliphatic carbocycles. The van der Waals surface area contributed by atoms with Gasteiger partial charge in [0, 0.05) is 16.7 Å². The molecule has 3 nitrogen and oxygen atoms in total. The van der Waals surface area contributed by atoms with Crippen molar-refractivity contribution in [1.29, 1.82) is 0 Å². The molecule has 0 bridgehead atoms. The van der Waals surface area contributed by atoms with E-state index in [9.17, 15) is 9.59 Å². The third kappa shape index (κ3) is 2.70. The van der Waals surface area contributed by atoms with Crippen molar-refractivity contribution in [3.05, 3.63) is 82.7 Å². The molecule has 1 heterocycles. The number of hydrogen-bond donors (Lipinski definition) is 0. The van der Waals surface area contributed by atoms with Crippen molar-refractivity contribution in [3.8, 4) is 0 Å². The highest BCUT2D eigenvalue weighted by Crippen LogP contribution is 2.42. The first kappa shape index (κ1) is 16.5. The molecule has 4 rings (SSSR count). The molecule has 0 unspecified atom stereocenters. The van der Waals surface area contributed by atoms with Crippen LogP contribution in [-0.2, 0) is 4.74 Å². The van der Waals surface area contributed by atoms with E-state index >= 15 is 0 Å². The lowest BCUT2D eigenvalue weighted by Gasteiger charge is -2.35. The molecule has 2 aromatic rings. The van der Waals surface area contributed by atoms with Gasteiger partial charge in [-0.1, -0.05) is 44.2 Å². The van der Waals surface area contributed by atoms with Crippen LogP contribution in [-0.4, -0.2) is 18.7 Å². The molecule has 0 aromatic heterocycles. The summed E-state index contributed by atoms with van der Waals surface area (Å²) in [5, 5.41) is 1.91. The number of Topliss-reactive ketones (excluding diaryl/α,β-unsaturated/α-hetero) is 1. The number of benzene rings is 2. The molecule has 0 fully saturated rings. The molecule has 3 heteroatoms. The van der Waals surface area contributed by atoms with Gasteiger partial charge in [-0.2, -0.15) is 0 Å². The normalized spacial score (nSPS) is 18.2. The molecule has 0 saturated heterocycles. The van der Waals surface area contributed by atoms with Crippen LogP contribution in [0.15, 0.2) is 71.5 Å². The van der Waals surface area contributed by atoms with Crippen LogP contribution in [0, 0.1) is 5.41 Å². The maximum Gasteiger partial charge on any atom is 0.193 e. The number of carbonyl (C=O) groups excluding carboxylic acids is 2. The highest BCUT2D eigenvalue weighted by atomic mass is 16.5. The minimum absolute atomic E-state index is 0.00150. The van der Waals surface area contributed by atoms with Crippen LogP contribution in [0.4, 0.5) is 0 Å². The number of rotatable bonds is 3. The first-order chi connectivity index (χ1) is 12.5. The Hall–Kier alpha value is -2.94. The van der Waals surface area contributed by atoms with Crippen LogP contribution >= 0.6 is 0 Å². The number of allylic oxidation sites excluding steroid dienone is 4. The van der Waals surface area contributed by atoms with E-state index in [-0.39, 0.29) is 11.2 Å². The highest BCUT2D eigenvalue weighted by Gasteiger charge is 2.33. The maximum absolute atomic E-state index is 13.2. The first-order valence-corrected chi connectivity index (χ1v) is 8.75. The number of fused-ring (bicyclic) bond motifs is 1. The van der Waals surface area contributed by atoms with Crippen molar-refractivity contribution >= 4 is 22.8 Å². The fourth-order valence-electron chi connectivity index (χ4n) is 3.68. The lowest BCUT2D eigenvalue weighted by Crippen LogP contribution is -2.26. The van der Waals surface area contributed by atoms with E-state index in [0.29, 0.717) is 17.7 Å². The Labute approximate surface area is 152 Å². The van der Waals surface area contributed by atoms with Crippen molar-refractivity contribution in [2.45, 2.75) is 20.3 Å². The fraction of sp³-hybridized carbons (Fsp3) is 0.217. The second-order valence-corrected chi connectivity index (χ2v) is 7.48. The molecule has 0 atom stereocenters. The second-order valence-electron chi connectivity index (χ2n) is 7.48. The summed E-state index contributed by atoms with van der Waals surface area (Å²) in [5.74, 6) is 0.0286. The Morgan fingerprint density at radius 1 is 1.12 bits per heavy atom. The van der Waals surface area contributed by atoms with E-state index < -0.39 is 0 Å².